The van der Waals surface area contributed by atoms with Crippen LogP contribution >= 0.6 is 0 Å². The van der Waals surface area contributed by atoms with E-state index in [0.29, 0.717) is 24.2 Å². The molecule has 0 spiro atoms. The largest absolute Gasteiger partial charge is 0.388 e. The van der Waals surface area contributed by atoms with Crippen LogP contribution in [-0.2, 0) is 0 Å². The highest BCUT2D eigenvalue weighted by Gasteiger charge is 2.29. The number of aliphatic hydroxyl groups excluding tert-OH is 1. The van der Waals surface area contributed by atoms with E-state index in [-0.39, 0.29) is 17.4 Å². The summed E-state index contributed by atoms with van der Waals surface area (Å²) in [7, 11) is 0. The number of aromatic amines is 1. The van der Waals surface area contributed by atoms with Crippen molar-refractivity contribution in [2.45, 2.75) is 18.9 Å². The van der Waals surface area contributed by atoms with Crippen molar-refractivity contribution in [3.05, 3.63) is 82.1 Å². The minimum absolute atomic E-state index is 0.120. The van der Waals surface area contributed by atoms with Crippen molar-refractivity contribution in [1.29, 1.82) is 0 Å². The predicted molar refractivity (Wildman–Crippen MR) is 105 cm³/mol. The lowest BCUT2D eigenvalue weighted by atomic mass is 9.87. The van der Waals surface area contributed by atoms with Crippen molar-refractivity contribution in [3.8, 4) is 0 Å². The third-order valence-corrected chi connectivity index (χ3v) is 5.40. The van der Waals surface area contributed by atoms with Gasteiger partial charge in [0.15, 0.2) is 0 Å². The summed E-state index contributed by atoms with van der Waals surface area (Å²) in [6, 6.07) is 18.4. The van der Waals surface area contributed by atoms with Gasteiger partial charge in [0.25, 0.3) is 5.91 Å². The van der Waals surface area contributed by atoms with E-state index in [1.807, 2.05) is 48.5 Å². The van der Waals surface area contributed by atoms with Gasteiger partial charge in [0.2, 0.25) is 5.56 Å². The number of rotatable bonds is 3. The number of aromatic nitrogens is 1. The Labute approximate surface area is 157 Å². The van der Waals surface area contributed by atoms with Crippen LogP contribution in [0.1, 0.15) is 34.9 Å². The number of aliphatic hydroxyl groups is 1. The highest BCUT2D eigenvalue weighted by molar-refractivity contribution is 6.05. The SMILES string of the molecule is O=C(c1cc(=O)[nH]c2ccccc12)N1CCC(C(O)c2ccccc2)CC1. The van der Waals surface area contributed by atoms with Crippen LogP contribution < -0.4 is 5.56 Å². The standard InChI is InChI=1S/C22H22N2O3/c25-20-14-18(17-8-4-5-9-19(17)23-20)22(27)24-12-10-16(11-13-24)21(26)15-6-2-1-3-7-15/h1-9,14,16,21,26H,10-13H2,(H,23,25). The van der Waals surface area contributed by atoms with Crippen LogP contribution in [0.5, 0.6) is 0 Å². The summed E-state index contributed by atoms with van der Waals surface area (Å²) < 4.78 is 0. The topological polar surface area (TPSA) is 73.4 Å². The third-order valence-electron chi connectivity index (χ3n) is 5.40. The van der Waals surface area contributed by atoms with Gasteiger partial charge in [-0.2, -0.15) is 0 Å². The first kappa shape index (κ1) is 17.5. The molecule has 1 saturated heterocycles. The molecule has 1 aliphatic rings. The number of likely N-dealkylation sites (tertiary alicyclic amines) is 1. The number of amides is 1. The molecule has 0 saturated carbocycles. The molecule has 1 atom stereocenters. The van der Waals surface area contributed by atoms with Crippen molar-refractivity contribution in [2.75, 3.05) is 13.1 Å². The van der Waals surface area contributed by atoms with E-state index in [9.17, 15) is 14.7 Å². The Bertz CT molecular complexity index is 1000. The van der Waals surface area contributed by atoms with Gasteiger partial charge in [-0.1, -0.05) is 48.5 Å². The number of hydrogen-bond donors (Lipinski definition) is 2. The lowest BCUT2D eigenvalue weighted by molar-refractivity contribution is 0.0463. The van der Waals surface area contributed by atoms with Gasteiger partial charge in [0, 0.05) is 30.1 Å². The second-order valence-electron chi connectivity index (χ2n) is 7.08. The normalized spacial score (nSPS) is 16.4. The summed E-state index contributed by atoms with van der Waals surface area (Å²) in [5.74, 6) is 0.0114. The number of nitrogens with zero attached hydrogens (tertiary/aromatic N) is 1. The fraction of sp³-hybridized carbons (Fsp3) is 0.273. The molecule has 1 aliphatic heterocycles. The molecule has 1 fully saturated rings. The van der Waals surface area contributed by atoms with Crippen LogP contribution in [0.15, 0.2) is 65.5 Å². The van der Waals surface area contributed by atoms with Crippen LogP contribution in [0.25, 0.3) is 10.9 Å². The van der Waals surface area contributed by atoms with Gasteiger partial charge in [-0.05, 0) is 30.4 Å². The summed E-state index contributed by atoms with van der Waals surface area (Å²) in [6.45, 7) is 1.16. The van der Waals surface area contributed by atoms with E-state index in [4.69, 9.17) is 0 Å². The maximum absolute atomic E-state index is 13.0. The second-order valence-corrected chi connectivity index (χ2v) is 7.08. The zero-order valence-electron chi connectivity index (χ0n) is 15.0. The number of fused-ring (bicyclic) bond motifs is 1. The summed E-state index contributed by atoms with van der Waals surface area (Å²) in [6.07, 6.45) is 0.968. The maximum Gasteiger partial charge on any atom is 0.254 e. The van der Waals surface area contributed by atoms with Gasteiger partial charge in [-0.3, -0.25) is 9.59 Å². The van der Waals surface area contributed by atoms with Crippen molar-refractivity contribution in [1.82, 2.24) is 9.88 Å². The molecule has 3 aromatic rings. The van der Waals surface area contributed by atoms with E-state index in [1.54, 1.807) is 11.0 Å². The number of carbonyl (C=O) groups excluding carboxylic acids is 1. The fourth-order valence-corrected chi connectivity index (χ4v) is 3.89. The van der Waals surface area contributed by atoms with Gasteiger partial charge in [-0.15, -0.1) is 0 Å². The van der Waals surface area contributed by atoms with E-state index < -0.39 is 6.10 Å². The van der Waals surface area contributed by atoms with E-state index in [1.165, 1.54) is 6.07 Å². The highest BCUT2D eigenvalue weighted by atomic mass is 16.3. The molecule has 4 rings (SSSR count). The molecule has 0 radical (unpaired) electrons. The van der Waals surface area contributed by atoms with Crippen LogP contribution in [0.3, 0.4) is 0 Å². The molecule has 0 aliphatic carbocycles. The van der Waals surface area contributed by atoms with Crippen LogP contribution in [0, 0.1) is 5.92 Å². The number of benzene rings is 2. The van der Waals surface area contributed by atoms with Gasteiger partial charge in [0.05, 0.1) is 11.7 Å². The van der Waals surface area contributed by atoms with Crippen LogP contribution in [0.2, 0.25) is 0 Å². The zero-order chi connectivity index (χ0) is 18.8. The first-order valence-corrected chi connectivity index (χ1v) is 9.28. The molecule has 27 heavy (non-hydrogen) atoms. The first-order chi connectivity index (χ1) is 13.1. The molecular formula is C22H22N2O3. The summed E-state index contributed by atoms with van der Waals surface area (Å²) in [5, 5.41) is 11.4. The predicted octanol–water partition coefficient (Wildman–Crippen LogP) is 3.11. The lowest BCUT2D eigenvalue weighted by Gasteiger charge is -2.34. The Kier molecular flexibility index (Phi) is 4.77. The Balaban J connectivity index is 1.50. The number of para-hydroxylation sites is 1. The molecule has 1 amide bonds. The number of nitrogens with one attached hydrogen (secondary N) is 1. The second kappa shape index (κ2) is 7.37. The first-order valence-electron chi connectivity index (χ1n) is 9.28. The van der Waals surface area contributed by atoms with Gasteiger partial charge in [-0.25, -0.2) is 0 Å². The quantitative estimate of drug-likeness (QED) is 0.752. The number of pyridine rings is 1. The monoisotopic (exact) mass is 362 g/mol. The van der Waals surface area contributed by atoms with Crippen LogP contribution in [-0.4, -0.2) is 34.0 Å². The van der Waals surface area contributed by atoms with Crippen molar-refractivity contribution < 1.29 is 9.90 Å². The van der Waals surface area contributed by atoms with Crippen molar-refractivity contribution in [2.24, 2.45) is 5.92 Å². The summed E-state index contributed by atoms with van der Waals surface area (Å²) in [5.41, 5.74) is 1.76. The Hall–Kier alpha value is -2.92. The highest BCUT2D eigenvalue weighted by Crippen LogP contribution is 2.31. The molecule has 5 nitrogen and oxygen atoms in total. The molecule has 1 unspecified atom stereocenters. The Morgan fingerprint density at radius 2 is 1.70 bits per heavy atom. The molecule has 138 valence electrons. The zero-order valence-corrected chi connectivity index (χ0v) is 15.0. The molecule has 2 aromatic carbocycles. The van der Waals surface area contributed by atoms with Gasteiger partial charge < -0.3 is 15.0 Å². The van der Waals surface area contributed by atoms with Gasteiger partial charge in [0.1, 0.15) is 0 Å². The maximum atomic E-state index is 13.0. The number of piperidine rings is 1. The molecule has 2 heterocycles. The van der Waals surface area contributed by atoms with E-state index in [2.05, 4.69) is 4.98 Å². The number of H-pyrrole nitrogens is 1. The molecule has 2 N–H and O–H groups in total. The Morgan fingerprint density at radius 3 is 2.44 bits per heavy atom. The summed E-state index contributed by atoms with van der Waals surface area (Å²) >= 11 is 0. The minimum atomic E-state index is -0.510. The Morgan fingerprint density at radius 1 is 1.04 bits per heavy atom. The number of hydrogen-bond acceptors (Lipinski definition) is 3. The average Bonchev–Trinajstić information content (AvgIpc) is 2.73. The van der Waals surface area contributed by atoms with Crippen molar-refractivity contribution >= 4 is 16.8 Å². The molecule has 0 bridgehead atoms. The third kappa shape index (κ3) is 3.51. The summed E-state index contributed by atoms with van der Waals surface area (Å²) in [4.78, 5) is 29.5. The van der Waals surface area contributed by atoms with Crippen LogP contribution in [0.4, 0.5) is 0 Å². The van der Waals surface area contributed by atoms with E-state index in [0.717, 1.165) is 23.8 Å². The molecule has 5 heteroatoms. The fourth-order valence-electron chi connectivity index (χ4n) is 3.89. The van der Waals surface area contributed by atoms with Gasteiger partial charge >= 0.3 is 0 Å². The average molecular weight is 362 g/mol. The minimum Gasteiger partial charge on any atom is -0.388 e. The number of carbonyl (C=O) groups is 1. The van der Waals surface area contributed by atoms with E-state index >= 15 is 0 Å². The molecule has 1 aromatic heterocycles. The lowest BCUT2D eigenvalue weighted by Crippen LogP contribution is -2.40. The molecular weight excluding hydrogens is 340 g/mol. The smallest absolute Gasteiger partial charge is 0.254 e. The van der Waals surface area contributed by atoms with Crippen molar-refractivity contribution in [3.63, 3.8) is 0 Å².